The highest BCUT2D eigenvalue weighted by molar-refractivity contribution is 5.76. The first kappa shape index (κ1) is 13.7. The fraction of sp³-hybridized carbons (Fsp3) is 0.533. The maximum atomic E-state index is 11.7. The second-order valence-electron chi connectivity index (χ2n) is 4.96. The minimum atomic E-state index is 0.141. The van der Waals surface area contributed by atoms with Gasteiger partial charge in [-0.25, -0.2) is 0 Å². The smallest absolute Gasteiger partial charge is 0.221 e. The maximum Gasteiger partial charge on any atom is 0.221 e. The molecule has 0 unspecified atom stereocenters. The zero-order valence-electron chi connectivity index (χ0n) is 11.4. The molecule has 0 aliphatic heterocycles. The van der Waals surface area contributed by atoms with Crippen LogP contribution >= 0.6 is 0 Å². The van der Waals surface area contributed by atoms with Gasteiger partial charge in [-0.1, -0.05) is 18.9 Å². The number of hydrogen-bond acceptors (Lipinski definition) is 3. The second kappa shape index (κ2) is 7.02. The molecule has 0 spiro atoms. The molecule has 1 aromatic carbocycles. The molecule has 104 valence electrons. The van der Waals surface area contributed by atoms with Crippen molar-refractivity contribution in [1.29, 1.82) is 0 Å². The van der Waals surface area contributed by atoms with Gasteiger partial charge in [-0.2, -0.15) is 0 Å². The summed E-state index contributed by atoms with van der Waals surface area (Å²) in [5.74, 6) is 0.961. The quantitative estimate of drug-likeness (QED) is 0.828. The highest BCUT2D eigenvalue weighted by Crippen LogP contribution is 2.18. The molecular weight excluding hydrogens is 240 g/mol. The Morgan fingerprint density at radius 1 is 1.37 bits per heavy atom. The summed E-state index contributed by atoms with van der Waals surface area (Å²) in [6.45, 7) is 0.645. The lowest BCUT2D eigenvalue weighted by molar-refractivity contribution is -0.121. The molecule has 0 bridgehead atoms. The zero-order valence-corrected chi connectivity index (χ0v) is 11.4. The Kier molecular flexibility index (Phi) is 5.07. The fourth-order valence-corrected chi connectivity index (χ4v) is 2.42. The molecule has 4 nitrogen and oxygen atoms in total. The third-order valence-electron chi connectivity index (χ3n) is 3.47. The highest BCUT2D eigenvalue weighted by atomic mass is 16.5. The minimum absolute atomic E-state index is 0.141. The molecule has 0 atom stereocenters. The van der Waals surface area contributed by atoms with E-state index in [4.69, 9.17) is 4.74 Å². The van der Waals surface area contributed by atoms with Gasteiger partial charge in [0.1, 0.15) is 5.75 Å². The molecule has 0 radical (unpaired) electrons. The first-order chi connectivity index (χ1) is 9.28. The first-order valence-corrected chi connectivity index (χ1v) is 6.95. The van der Waals surface area contributed by atoms with E-state index in [-0.39, 0.29) is 5.91 Å². The number of methoxy groups -OCH3 is 1. The Hall–Kier alpha value is -1.71. The standard InChI is InChI=1S/C15H22N2O2/c1-19-14-8-4-7-13(11-14)16-10-9-15(18)17-12-5-2-3-6-12/h4,7-8,11-12,16H,2-3,5-6,9-10H2,1H3,(H,17,18). The number of amides is 1. The van der Waals surface area contributed by atoms with Crippen molar-refractivity contribution in [2.24, 2.45) is 0 Å². The van der Waals surface area contributed by atoms with Gasteiger partial charge in [0.05, 0.1) is 7.11 Å². The van der Waals surface area contributed by atoms with E-state index in [1.807, 2.05) is 24.3 Å². The van der Waals surface area contributed by atoms with Crippen LogP contribution in [0, 0.1) is 0 Å². The van der Waals surface area contributed by atoms with Crippen LogP contribution in [0.15, 0.2) is 24.3 Å². The van der Waals surface area contributed by atoms with Crippen LogP contribution in [-0.2, 0) is 4.79 Å². The normalized spacial score (nSPS) is 15.2. The van der Waals surface area contributed by atoms with Crippen molar-refractivity contribution >= 4 is 11.6 Å². The summed E-state index contributed by atoms with van der Waals surface area (Å²) in [6.07, 6.45) is 5.26. The molecule has 1 fully saturated rings. The van der Waals surface area contributed by atoms with Crippen LogP contribution in [0.4, 0.5) is 5.69 Å². The van der Waals surface area contributed by atoms with Crippen molar-refractivity contribution in [3.05, 3.63) is 24.3 Å². The van der Waals surface area contributed by atoms with Gasteiger partial charge in [0.25, 0.3) is 0 Å². The average Bonchev–Trinajstić information content (AvgIpc) is 2.92. The van der Waals surface area contributed by atoms with Crippen molar-refractivity contribution in [1.82, 2.24) is 5.32 Å². The van der Waals surface area contributed by atoms with Crippen LogP contribution in [0.1, 0.15) is 32.1 Å². The Morgan fingerprint density at radius 2 is 2.16 bits per heavy atom. The van der Waals surface area contributed by atoms with Crippen LogP contribution in [0.25, 0.3) is 0 Å². The number of benzene rings is 1. The number of nitrogens with one attached hydrogen (secondary N) is 2. The van der Waals surface area contributed by atoms with Crippen LogP contribution in [0.3, 0.4) is 0 Å². The SMILES string of the molecule is COc1cccc(NCCC(=O)NC2CCCC2)c1. The van der Waals surface area contributed by atoms with E-state index in [0.717, 1.165) is 24.3 Å². The molecular formula is C15H22N2O2. The molecule has 1 saturated carbocycles. The summed E-state index contributed by atoms with van der Waals surface area (Å²) in [5, 5.41) is 6.32. The van der Waals surface area contributed by atoms with Gasteiger partial charge in [0.15, 0.2) is 0 Å². The van der Waals surface area contributed by atoms with E-state index in [1.54, 1.807) is 7.11 Å². The van der Waals surface area contributed by atoms with Crippen molar-refractivity contribution in [2.45, 2.75) is 38.1 Å². The van der Waals surface area contributed by atoms with E-state index in [1.165, 1.54) is 12.8 Å². The van der Waals surface area contributed by atoms with Crippen molar-refractivity contribution < 1.29 is 9.53 Å². The molecule has 0 aromatic heterocycles. The van der Waals surface area contributed by atoms with E-state index in [9.17, 15) is 4.79 Å². The Bertz CT molecular complexity index is 414. The lowest BCUT2D eigenvalue weighted by atomic mass is 10.2. The molecule has 0 heterocycles. The van der Waals surface area contributed by atoms with Gasteiger partial charge in [0, 0.05) is 30.8 Å². The summed E-state index contributed by atoms with van der Waals surface area (Å²) >= 11 is 0. The summed E-state index contributed by atoms with van der Waals surface area (Å²) in [7, 11) is 1.65. The molecule has 1 aliphatic carbocycles. The van der Waals surface area contributed by atoms with Crippen molar-refractivity contribution in [3.8, 4) is 5.75 Å². The Labute approximate surface area is 114 Å². The number of carbonyl (C=O) groups is 1. The predicted molar refractivity (Wildman–Crippen MR) is 76.5 cm³/mol. The average molecular weight is 262 g/mol. The summed E-state index contributed by atoms with van der Waals surface area (Å²) in [4.78, 5) is 11.7. The van der Waals surface area contributed by atoms with Gasteiger partial charge in [-0.3, -0.25) is 4.79 Å². The van der Waals surface area contributed by atoms with Crippen molar-refractivity contribution in [2.75, 3.05) is 19.0 Å². The van der Waals surface area contributed by atoms with Gasteiger partial charge in [-0.15, -0.1) is 0 Å². The number of ether oxygens (including phenoxy) is 1. The van der Waals surface area contributed by atoms with Crippen LogP contribution in [0.5, 0.6) is 5.75 Å². The van der Waals surface area contributed by atoms with E-state index >= 15 is 0 Å². The highest BCUT2D eigenvalue weighted by Gasteiger charge is 2.16. The van der Waals surface area contributed by atoms with Gasteiger partial charge in [0.2, 0.25) is 5.91 Å². The molecule has 1 aliphatic rings. The molecule has 2 rings (SSSR count). The van der Waals surface area contributed by atoms with Crippen LogP contribution in [-0.4, -0.2) is 25.6 Å². The number of hydrogen-bond donors (Lipinski definition) is 2. The number of anilines is 1. The first-order valence-electron chi connectivity index (χ1n) is 6.95. The lowest BCUT2D eigenvalue weighted by Gasteiger charge is -2.12. The monoisotopic (exact) mass is 262 g/mol. The van der Waals surface area contributed by atoms with Gasteiger partial charge >= 0.3 is 0 Å². The molecule has 1 aromatic rings. The van der Waals surface area contributed by atoms with Gasteiger partial charge < -0.3 is 15.4 Å². The third kappa shape index (κ3) is 4.47. The minimum Gasteiger partial charge on any atom is -0.497 e. The zero-order chi connectivity index (χ0) is 13.5. The summed E-state index contributed by atoms with van der Waals surface area (Å²) in [6, 6.07) is 8.13. The van der Waals surface area contributed by atoms with E-state index in [0.29, 0.717) is 19.0 Å². The molecule has 4 heteroatoms. The largest absolute Gasteiger partial charge is 0.497 e. The maximum absolute atomic E-state index is 11.7. The van der Waals surface area contributed by atoms with E-state index < -0.39 is 0 Å². The molecule has 19 heavy (non-hydrogen) atoms. The Balaban J connectivity index is 1.68. The number of rotatable bonds is 6. The summed E-state index contributed by atoms with van der Waals surface area (Å²) in [5.41, 5.74) is 0.980. The predicted octanol–water partition coefficient (Wildman–Crippen LogP) is 2.56. The molecule has 1 amide bonds. The number of carbonyl (C=O) groups excluding carboxylic acids is 1. The second-order valence-corrected chi connectivity index (χ2v) is 4.96. The molecule has 0 saturated heterocycles. The third-order valence-corrected chi connectivity index (χ3v) is 3.47. The summed E-state index contributed by atoms with van der Waals surface area (Å²) < 4.78 is 5.15. The van der Waals surface area contributed by atoms with E-state index in [2.05, 4.69) is 10.6 Å². The lowest BCUT2D eigenvalue weighted by Crippen LogP contribution is -2.33. The van der Waals surface area contributed by atoms with Gasteiger partial charge in [-0.05, 0) is 25.0 Å². The molecule has 2 N–H and O–H groups in total. The topological polar surface area (TPSA) is 50.4 Å². The van der Waals surface area contributed by atoms with Crippen LogP contribution in [0.2, 0.25) is 0 Å². The van der Waals surface area contributed by atoms with Crippen molar-refractivity contribution in [3.63, 3.8) is 0 Å². The Morgan fingerprint density at radius 3 is 2.89 bits per heavy atom. The fourth-order valence-electron chi connectivity index (χ4n) is 2.42. The van der Waals surface area contributed by atoms with Crippen LogP contribution < -0.4 is 15.4 Å².